The summed E-state index contributed by atoms with van der Waals surface area (Å²) in [5.74, 6) is 5.94. The fourth-order valence-corrected chi connectivity index (χ4v) is 1.51. The Morgan fingerprint density at radius 1 is 1.56 bits per heavy atom. The lowest BCUT2D eigenvalue weighted by atomic mass is 10.1. The number of hydrogen-bond donors (Lipinski definition) is 2. The Morgan fingerprint density at radius 3 is 2.69 bits per heavy atom. The zero-order chi connectivity index (χ0) is 12.2. The van der Waals surface area contributed by atoms with Crippen LogP contribution in [0.1, 0.15) is 31.1 Å². The van der Waals surface area contributed by atoms with Gasteiger partial charge in [-0.1, -0.05) is 0 Å². The van der Waals surface area contributed by atoms with Gasteiger partial charge in [-0.25, -0.2) is 10.4 Å². The average Bonchev–Trinajstić information content (AvgIpc) is 2.58. The summed E-state index contributed by atoms with van der Waals surface area (Å²) in [6, 6.07) is -0.345. The third-order valence-electron chi connectivity index (χ3n) is 2.32. The van der Waals surface area contributed by atoms with Crippen LogP contribution >= 0.6 is 0 Å². The second-order valence-corrected chi connectivity index (χ2v) is 3.62. The number of hydrogen-bond acceptors (Lipinski definition) is 3. The largest absolute Gasteiger partial charge is 0.389 e. The molecule has 0 bridgehead atoms. The van der Waals surface area contributed by atoms with Gasteiger partial charge in [0.1, 0.15) is 5.82 Å². The Morgan fingerprint density at radius 2 is 2.25 bits per heavy atom. The molecule has 7 heteroatoms. The molecular formula is C9H15F3N4. The molecule has 0 fully saturated rings. The summed E-state index contributed by atoms with van der Waals surface area (Å²) >= 11 is 0. The van der Waals surface area contributed by atoms with E-state index in [1.807, 2.05) is 0 Å². The molecule has 0 aliphatic heterocycles. The minimum atomic E-state index is -4.11. The molecule has 16 heavy (non-hydrogen) atoms. The van der Waals surface area contributed by atoms with E-state index in [4.69, 9.17) is 5.84 Å². The Labute approximate surface area is 91.6 Å². The number of nitrogens with one attached hydrogen (secondary N) is 1. The van der Waals surface area contributed by atoms with Crippen molar-refractivity contribution in [1.29, 1.82) is 0 Å². The zero-order valence-electron chi connectivity index (χ0n) is 8.96. The Balaban J connectivity index is 2.48. The molecule has 1 aromatic rings. The molecule has 1 atom stereocenters. The lowest BCUT2D eigenvalue weighted by Gasteiger charge is -2.16. The van der Waals surface area contributed by atoms with E-state index in [0.717, 1.165) is 0 Å². The second-order valence-electron chi connectivity index (χ2n) is 3.62. The summed E-state index contributed by atoms with van der Waals surface area (Å²) in [5.41, 5.74) is 2.48. The normalized spacial score (nSPS) is 14.1. The zero-order valence-corrected chi connectivity index (χ0v) is 8.96. The minimum Gasteiger partial charge on any atom is -0.337 e. The molecule has 1 heterocycles. The first-order valence-corrected chi connectivity index (χ1v) is 4.94. The van der Waals surface area contributed by atoms with Crippen LogP contribution in [0.3, 0.4) is 0 Å². The number of imidazole rings is 1. The van der Waals surface area contributed by atoms with Crippen molar-refractivity contribution in [2.45, 2.75) is 31.5 Å². The van der Waals surface area contributed by atoms with E-state index < -0.39 is 12.6 Å². The average molecular weight is 236 g/mol. The van der Waals surface area contributed by atoms with Crippen molar-refractivity contribution in [2.24, 2.45) is 12.9 Å². The first-order chi connectivity index (χ1) is 7.44. The molecule has 0 saturated carbocycles. The number of hydrazine groups is 1. The molecule has 1 aromatic heterocycles. The van der Waals surface area contributed by atoms with Crippen LogP contribution in [-0.4, -0.2) is 15.7 Å². The van der Waals surface area contributed by atoms with Crippen LogP contribution in [0, 0.1) is 0 Å². The van der Waals surface area contributed by atoms with E-state index in [2.05, 4.69) is 10.4 Å². The van der Waals surface area contributed by atoms with Gasteiger partial charge in [0.05, 0.1) is 6.04 Å². The lowest BCUT2D eigenvalue weighted by Crippen LogP contribution is -2.30. The van der Waals surface area contributed by atoms with Gasteiger partial charge in [0, 0.05) is 25.9 Å². The van der Waals surface area contributed by atoms with Gasteiger partial charge in [0.15, 0.2) is 0 Å². The third kappa shape index (κ3) is 3.82. The highest BCUT2D eigenvalue weighted by molar-refractivity contribution is 4.97. The summed E-state index contributed by atoms with van der Waals surface area (Å²) in [6.07, 6.45) is -1.25. The monoisotopic (exact) mass is 236 g/mol. The maximum Gasteiger partial charge on any atom is 0.389 e. The molecule has 0 aromatic carbocycles. The van der Waals surface area contributed by atoms with E-state index in [1.54, 1.807) is 24.0 Å². The van der Waals surface area contributed by atoms with Gasteiger partial charge >= 0.3 is 6.18 Å². The topological polar surface area (TPSA) is 55.9 Å². The van der Waals surface area contributed by atoms with E-state index in [-0.39, 0.29) is 12.5 Å². The summed E-state index contributed by atoms with van der Waals surface area (Å²) in [5, 5.41) is 0. The van der Waals surface area contributed by atoms with Gasteiger partial charge in [0.25, 0.3) is 0 Å². The van der Waals surface area contributed by atoms with Crippen molar-refractivity contribution in [3.05, 3.63) is 18.2 Å². The number of alkyl halides is 3. The van der Waals surface area contributed by atoms with E-state index >= 15 is 0 Å². The maximum atomic E-state index is 12.0. The highest BCUT2D eigenvalue weighted by atomic mass is 19.4. The van der Waals surface area contributed by atoms with Crippen LogP contribution in [0.5, 0.6) is 0 Å². The number of halogens is 3. The molecule has 0 aliphatic carbocycles. The number of aryl methyl sites for hydroxylation is 1. The maximum absolute atomic E-state index is 12.0. The molecule has 0 radical (unpaired) electrons. The summed E-state index contributed by atoms with van der Waals surface area (Å²) in [6.45, 7) is 0. The van der Waals surface area contributed by atoms with Crippen molar-refractivity contribution in [3.8, 4) is 0 Å². The number of aromatic nitrogens is 2. The molecule has 0 aliphatic rings. The summed E-state index contributed by atoms with van der Waals surface area (Å²) in [7, 11) is 1.77. The molecule has 4 nitrogen and oxygen atoms in total. The second kappa shape index (κ2) is 5.31. The van der Waals surface area contributed by atoms with Crippen LogP contribution < -0.4 is 11.3 Å². The third-order valence-corrected chi connectivity index (χ3v) is 2.32. The van der Waals surface area contributed by atoms with Crippen molar-refractivity contribution < 1.29 is 13.2 Å². The van der Waals surface area contributed by atoms with Gasteiger partial charge in [-0.05, 0) is 12.8 Å². The number of nitrogens with zero attached hydrogens (tertiary/aromatic N) is 2. The Bertz CT molecular complexity index is 321. The Hall–Kier alpha value is -1.08. The molecule has 1 rings (SSSR count). The van der Waals surface area contributed by atoms with Gasteiger partial charge in [-0.3, -0.25) is 5.84 Å². The van der Waals surface area contributed by atoms with Gasteiger partial charge < -0.3 is 4.57 Å². The molecule has 0 amide bonds. The van der Waals surface area contributed by atoms with Crippen LogP contribution in [0.25, 0.3) is 0 Å². The highest BCUT2D eigenvalue weighted by Gasteiger charge is 2.27. The van der Waals surface area contributed by atoms with E-state index in [9.17, 15) is 13.2 Å². The van der Waals surface area contributed by atoms with Crippen molar-refractivity contribution >= 4 is 0 Å². The fourth-order valence-electron chi connectivity index (χ4n) is 1.51. The summed E-state index contributed by atoms with van der Waals surface area (Å²) < 4.78 is 37.6. The fraction of sp³-hybridized carbons (Fsp3) is 0.667. The van der Waals surface area contributed by atoms with E-state index in [0.29, 0.717) is 12.2 Å². The van der Waals surface area contributed by atoms with E-state index in [1.165, 1.54) is 0 Å². The quantitative estimate of drug-likeness (QED) is 0.603. The van der Waals surface area contributed by atoms with Crippen LogP contribution in [-0.2, 0) is 7.05 Å². The molecule has 0 saturated heterocycles. The van der Waals surface area contributed by atoms with Crippen LogP contribution in [0.2, 0.25) is 0 Å². The minimum absolute atomic E-state index is 0.0330. The van der Waals surface area contributed by atoms with Crippen molar-refractivity contribution in [1.82, 2.24) is 15.0 Å². The Kier molecular flexibility index (Phi) is 4.31. The number of rotatable bonds is 5. The van der Waals surface area contributed by atoms with Crippen molar-refractivity contribution in [2.75, 3.05) is 0 Å². The number of nitrogens with two attached hydrogens (primary N) is 1. The van der Waals surface area contributed by atoms with Crippen LogP contribution in [0.4, 0.5) is 13.2 Å². The first-order valence-electron chi connectivity index (χ1n) is 4.94. The SMILES string of the molecule is Cn1ccnc1C(CCCC(F)(F)F)NN. The molecule has 0 spiro atoms. The highest BCUT2D eigenvalue weighted by Crippen LogP contribution is 2.25. The molecule has 1 unspecified atom stereocenters. The molecule has 92 valence electrons. The lowest BCUT2D eigenvalue weighted by molar-refractivity contribution is -0.135. The van der Waals surface area contributed by atoms with Gasteiger partial charge in [-0.15, -0.1) is 0 Å². The van der Waals surface area contributed by atoms with Crippen molar-refractivity contribution in [3.63, 3.8) is 0 Å². The van der Waals surface area contributed by atoms with Gasteiger partial charge in [0.2, 0.25) is 0 Å². The first kappa shape index (κ1) is 13.0. The molecule has 3 N–H and O–H groups in total. The predicted molar refractivity (Wildman–Crippen MR) is 53.2 cm³/mol. The van der Waals surface area contributed by atoms with Gasteiger partial charge in [-0.2, -0.15) is 13.2 Å². The predicted octanol–water partition coefficient (Wildman–Crippen LogP) is 1.66. The smallest absolute Gasteiger partial charge is 0.337 e. The summed E-state index contributed by atoms with van der Waals surface area (Å²) in [4.78, 5) is 4.04. The standard InChI is InChI=1S/C9H15F3N4/c1-16-6-5-14-8(16)7(15-13)3-2-4-9(10,11)12/h5-7,15H,2-4,13H2,1H3. The molecular weight excluding hydrogens is 221 g/mol. The van der Waals surface area contributed by atoms with Crippen LogP contribution in [0.15, 0.2) is 12.4 Å².